The molecule has 3 rings (SSSR count). The lowest BCUT2D eigenvalue weighted by Crippen LogP contribution is -2.30. The van der Waals surface area contributed by atoms with Crippen LogP contribution in [0.5, 0.6) is 0 Å². The van der Waals surface area contributed by atoms with Crippen molar-refractivity contribution >= 4 is 38.3 Å². The standard InChI is InChI=1S/C15H14INO2S/c16-14-7-3-1-6-13(14)11-20(18,19)17-10-9-12-5-2-4-8-15(12)17/h1-8H,9-11H2. The van der Waals surface area contributed by atoms with E-state index in [-0.39, 0.29) is 5.75 Å². The van der Waals surface area contributed by atoms with Gasteiger partial charge in [-0.15, -0.1) is 0 Å². The number of fused-ring (bicyclic) bond motifs is 1. The summed E-state index contributed by atoms with van der Waals surface area (Å²) in [6.07, 6.45) is 0.793. The van der Waals surface area contributed by atoms with Crippen molar-refractivity contribution in [2.75, 3.05) is 10.8 Å². The molecule has 0 fully saturated rings. The minimum atomic E-state index is -3.32. The maximum atomic E-state index is 12.6. The highest BCUT2D eigenvalue weighted by atomic mass is 127. The maximum Gasteiger partial charge on any atom is 0.239 e. The summed E-state index contributed by atoms with van der Waals surface area (Å²) >= 11 is 2.18. The van der Waals surface area contributed by atoms with Crippen LogP contribution in [0.4, 0.5) is 5.69 Å². The lowest BCUT2D eigenvalue weighted by molar-refractivity contribution is 0.591. The highest BCUT2D eigenvalue weighted by Crippen LogP contribution is 2.31. The summed E-state index contributed by atoms with van der Waals surface area (Å²) < 4.78 is 27.8. The molecule has 2 aromatic carbocycles. The first-order chi connectivity index (χ1) is 9.58. The van der Waals surface area contributed by atoms with Crippen LogP contribution in [-0.4, -0.2) is 15.0 Å². The van der Waals surface area contributed by atoms with Crippen molar-refractivity contribution < 1.29 is 8.42 Å². The summed E-state index contributed by atoms with van der Waals surface area (Å²) in [5, 5.41) is 0. The molecule has 1 heterocycles. The van der Waals surface area contributed by atoms with Crippen molar-refractivity contribution in [3.63, 3.8) is 0 Å². The number of nitrogens with zero attached hydrogens (tertiary/aromatic N) is 1. The third-order valence-electron chi connectivity index (χ3n) is 3.48. The van der Waals surface area contributed by atoms with E-state index in [4.69, 9.17) is 0 Å². The summed E-state index contributed by atoms with van der Waals surface area (Å²) in [6, 6.07) is 15.3. The fourth-order valence-electron chi connectivity index (χ4n) is 2.49. The Morgan fingerprint density at radius 3 is 2.55 bits per heavy atom. The van der Waals surface area contributed by atoms with Crippen LogP contribution in [0.2, 0.25) is 0 Å². The van der Waals surface area contributed by atoms with Crippen molar-refractivity contribution in [2.45, 2.75) is 12.2 Å². The summed E-state index contributed by atoms with van der Waals surface area (Å²) in [6.45, 7) is 0.547. The van der Waals surface area contributed by atoms with E-state index in [1.807, 2.05) is 48.5 Å². The zero-order chi connectivity index (χ0) is 14.2. The molecule has 1 aliphatic heterocycles. The largest absolute Gasteiger partial charge is 0.269 e. The summed E-state index contributed by atoms with van der Waals surface area (Å²) in [4.78, 5) is 0. The Labute approximate surface area is 132 Å². The summed E-state index contributed by atoms with van der Waals surface area (Å²) in [5.41, 5.74) is 2.80. The molecule has 1 aliphatic rings. The SMILES string of the molecule is O=S(=O)(Cc1ccccc1I)N1CCc2ccccc21. The Kier molecular flexibility index (Phi) is 3.72. The minimum absolute atomic E-state index is 0.0560. The predicted octanol–water partition coefficient (Wildman–Crippen LogP) is 3.18. The van der Waals surface area contributed by atoms with E-state index >= 15 is 0 Å². The quantitative estimate of drug-likeness (QED) is 0.744. The first-order valence-electron chi connectivity index (χ1n) is 6.40. The van der Waals surface area contributed by atoms with Gasteiger partial charge in [-0.3, -0.25) is 4.31 Å². The number of benzene rings is 2. The third kappa shape index (κ3) is 2.56. The van der Waals surface area contributed by atoms with Gasteiger partial charge < -0.3 is 0 Å². The highest BCUT2D eigenvalue weighted by Gasteiger charge is 2.29. The van der Waals surface area contributed by atoms with Gasteiger partial charge in [-0.25, -0.2) is 8.42 Å². The zero-order valence-electron chi connectivity index (χ0n) is 10.8. The monoisotopic (exact) mass is 399 g/mol. The number of hydrogen-bond donors (Lipinski definition) is 0. The smallest absolute Gasteiger partial charge is 0.239 e. The van der Waals surface area contributed by atoms with Crippen LogP contribution in [0, 0.1) is 3.57 Å². The lowest BCUT2D eigenvalue weighted by atomic mass is 10.2. The number of sulfonamides is 1. The molecule has 0 atom stereocenters. The van der Waals surface area contributed by atoms with Gasteiger partial charge in [0.1, 0.15) is 0 Å². The van der Waals surface area contributed by atoms with Gasteiger partial charge >= 0.3 is 0 Å². The molecule has 3 nitrogen and oxygen atoms in total. The molecular formula is C15H14INO2S. The molecule has 2 aromatic rings. The number of anilines is 1. The van der Waals surface area contributed by atoms with Gasteiger partial charge in [-0.2, -0.15) is 0 Å². The van der Waals surface area contributed by atoms with Gasteiger partial charge in [-0.1, -0.05) is 36.4 Å². The van der Waals surface area contributed by atoms with Crippen LogP contribution in [0.25, 0.3) is 0 Å². The second-order valence-electron chi connectivity index (χ2n) is 4.80. The zero-order valence-corrected chi connectivity index (χ0v) is 13.8. The Morgan fingerprint density at radius 2 is 1.75 bits per heavy atom. The molecule has 0 bridgehead atoms. The van der Waals surface area contributed by atoms with Gasteiger partial charge in [0.15, 0.2) is 0 Å². The normalized spacial score (nSPS) is 14.3. The molecule has 0 unspecified atom stereocenters. The number of para-hydroxylation sites is 1. The molecule has 0 saturated carbocycles. The summed E-state index contributed by atoms with van der Waals surface area (Å²) in [7, 11) is -3.32. The molecule has 0 amide bonds. The number of hydrogen-bond acceptors (Lipinski definition) is 2. The van der Waals surface area contributed by atoms with Gasteiger partial charge in [0.25, 0.3) is 0 Å². The topological polar surface area (TPSA) is 37.4 Å². The van der Waals surface area contributed by atoms with E-state index in [2.05, 4.69) is 22.6 Å². The number of rotatable bonds is 3. The molecule has 0 aromatic heterocycles. The Bertz CT molecular complexity index is 743. The van der Waals surface area contributed by atoms with Gasteiger partial charge in [0.2, 0.25) is 10.0 Å². The third-order valence-corrected chi connectivity index (χ3v) is 6.26. The molecule has 0 spiro atoms. The predicted molar refractivity (Wildman–Crippen MR) is 89.3 cm³/mol. The average molecular weight is 399 g/mol. The summed E-state index contributed by atoms with van der Waals surface area (Å²) in [5.74, 6) is 0.0560. The number of halogens is 1. The maximum absolute atomic E-state index is 12.6. The van der Waals surface area contributed by atoms with Crippen molar-refractivity contribution in [3.05, 3.63) is 63.2 Å². The van der Waals surface area contributed by atoms with Gasteiger partial charge in [0.05, 0.1) is 11.4 Å². The van der Waals surface area contributed by atoms with E-state index in [1.54, 1.807) is 4.31 Å². The minimum Gasteiger partial charge on any atom is -0.269 e. The van der Waals surface area contributed by atoms with Gasteiger partial charge in [-0.05, 0) is 52.3 Å². The van der Waals surface area contributed by atoms with E-state index in [1.165, 1.54) is 0 Å². The second kappa shape index (κ2) is 5.37. The van der Waals surface area contributed by atoms with Crippen LogP contribution < -0.4 is 4.31 Å². The van der Waals surface area contributed by atoms with Crippen molar-refractivity contribution in [2.24, 2.45) is 0 Å². The van der Waals surface area contributed by atoms with Crippen LogP contribution >= 0.6 is 22.6 Å². The Hall–Kier alpha value is -1.08. The molecule has 0 aliphatic carbocycles. The van der Waals surface area contributed by atoms with Crippen molar-refractivity contribution in [3.8, 4) is 0 Å². The molecular weight excluding hydrogens is 385 g/mol. The average Bonchev–Trinajstić information content (AvgIpc) is 2.86. The highest BCUT2D eigenvalue weighted by molar-refractivity contribution is 14.1. The molecule has 20 heavy (non-hydrogen) atoms. The molecule has 5 heteroatoms. The molecule has 104 valence electrons. The van der Waals surface area contributed by atoms with E-state index < -0.39 is 10.0 Å². The van der Waals surface area contributed by atoms with Gasteiger partial charge in [0, 0.05) is 10.1 Å². The molecule has 0 N–H and O–H groups in total. The van der Waals surface area contributed by atoms with E-state index in [0.29, 0.717) is 6.54 Å². The first-order valence-corrected chi connectivity index (χ1v) is 9.08. The fraction of sp³-hybridized carbons (Fsp3) is 0.200. The lowest BCUT2D eigenvalue weighted by Gasteiger charge is -2.19. The fourth-order valence-corrected chi connectivity index (χ4v) is 4.97. The van der Waals surface area contributed by atoms with Crippen LogP contribution in [0.3, 0.4) is 0 Å². The molecule has 0 radical (unpaired) electrons. The van der Waals surface area contributed by atoms with Crippen molar-refractivity contribution in [1.82, 2.24) is 0 Å². The molecule has 0 saturated heterocycles. The van der Waals surface area contributed by atoms with E-state index in [9.17, 15) is 8.42 Å². The first kappa shape index (κ1) is 13.9. The van der Waals surface area contributed by atoms with Crippen LogP contribution in [0.1, 0.15) is 11.1 Å². The van der Waals surface area contributed by atoms with Crippen LogP contribution in [-0.2, 0) is 22.2 Å². The van der Waals surface area contributed by atoms with Crippen molar-refractivity contribution in [1.29, 1.82) is 0 Å². The second-order valence-corrected chi connectivity index (χ2v) is 7.85. The van der Waals surface area contributed by atoms with Crippen LogP contribution in [0.15, 0.2) is 48.5 Å². The Morgan fingerprint density at radius 1 is 1.05 bits per heavy atom. The Balaban J connectivity index is 1.93. The van der Waals surface area contributed by atoms with E-state index in [0.717, 1.165) is 26.8 Å².